The molecule has 0 unspecified atom stereocenters. The number of hydrogen-bond donors (Lipinski definition) is 0. The van der Waals surface area contributed by atoms with Crippen LogP contribution in [0.15, 0.2) is 0 Å². The second kappa shape index (κ2) is 9.46. The van der Waals surface area contributed by atoms with E-state index in [0.29, 0.717) is 6.42 Å². The lowest BCUT2D eigenvalue weighted by atomic mass is 9.91. The maximum absolute atomic E-state index is 11.9. The van der Waals surface area contributed by atoms with Gasteiger partial charge in [0, 0.05) is 26.1 Å². The average Bonchev–Trinajstić information content (AvgIpc) is 2.18. The number of hydrogen-bond acceptors (Lipinski definition) is 2. The summed E-state index contributed by atoms with van der Waals surface area (Å²) in [6, 6.07) is 0. The first-order valence-electron chi connectivity index (χ1n) is 6.69. The van der Waals surface area contributed by atoms with E-state index in [-0.39, 0.29) is 11.3 Å². The minimum absolute atomic E-state index is 0.0859. The molecule has 0 aromatic carbocycles. The fourth-order valence-corrected chi connectivity index (χ4v) is 1.35. The lowest BCUT2D eigenvalue weighted by Gasteiger charge is -2.26. The molecule has 0 bridgehead atoms. The van der Waals surface area contributed by atoms with Crippen molar-refractivity contribution in [3.05, 3.63) is 0 Å². The predicted molar refractivity (Wildman–Crippen MR) is 76.2 cm³/mol. The third kappa shape index (κ3) is 11.7. The third-order valence-electron chi connectivity index (χ3n) is 2.23. The van der Waals surface area contributed by atoms with Gasteiger partial charge in [-0.2, -0.15) is 0 Å². The first-order chi connectivity index (χ1) is 7.76. The molecule has 0 aliphatic rings. The Balaban J connectivity index is 0. The van der Waals surface area contributed by atoms with Crippen LogP contribution in [0.25, 0.3) is 0 Å². The molecule has 0 aliphatic heterocycles. The van der Waals surface area contributed by atoms with Gasteiger partial charge in [-0.3, -0.25) is 4.79 Å². The van der Waals surface area contributed by atoms with Gasteiger partial charge in [0.2, 0.25) is 5.91 Å². The van der Waals surface area contributed by atoms with Crippen molar-refractivity contribution < 1.29 is 4.79 Å². The van der Waals surface area contributed by atoms with E-state index in [2.05, 4.69) is 25.7 Å². The van der Waals surface area contributed by atoms with Gasteiger partial charge >= 0.3 is 0 Å². The monoisotopic (exact) mass is 244 g/mol. The number of rotatable bonds is 5. The van der Waals surface area contributed by atoms with E-state index >= 15 is 0 Å². The topological polar surface area (TPSA) is 23.6 Å². The van der Waals surface area contributed by atoms with Crippen LogP contribution in [0.2, 0.25) is 0 Å². The third-order valence-corrected chi connectivity index (χ3v) is 2.23. The Labute approximate surface area is 108 Å². The highest BCUT2D eigenvalue weighted by atomic mass is 16.2. The molecule has 17 heavy (non-hydrogen) atoms. The molecule has 3 heteroatoms. The van der Waals surface area contributed by atoms with E-state index in [1.165, 1.54) is 0 Å². The maximum atomic E-state index is 11.9. The summed E-state index contributed by atoms with van der Waals surface area (Å²) >= 11 is 0. The fourth-order valence-electron chi connectivity index (χ4n) is 1.35. The molecule has 0 fully saturated rings. The smallest absolute Gasteiger partial charge is 0.223 e. The van der Waals surface area contributed by atoms with Crippen LogP contribution in [0.3, 0.4) is 0 Å². The van der Waals surface area contributed by atoms with Gasteiger partial charge in [-0.25, -0.2) is 0 Å². The van der Waals surface area contributed by atoms with Crippen LogP contribution >= 0.6 is 0 Å². The molecule has 0 aliphatic carbocycles. The number of nitrogens with zero attached hydrogens (tertiary/aromatic N) is 2. The second-order valence-electron chi connectivity index (χ2n) is 5.51. The van der Waals surface area contributed by atoms with Gasteiger partial charge < -0.3 is 9.80 Å². The summed E-state index contributed by atoms with van der Waals surface area (Å²) in [5.41, 5.74) is 0.0859. The molecule has 0 radical (unpaired) electrons. The molecule has 0 spiro atoms. The summed E-state index contributed by atoms with van der Waals surface area (Å²) in [7, 11) is 4.06. The van der Waals surface area contributed by atoms with E-state index in [1.54, 1.807) is 0 Å². The van der Waals surface area contributed by atoms with Crippen molar-refractivity contribution in [2.45, 2.75) is 48.0 Å². The van der Waals surface area contributed by atoms with Crippen molar-refractivity contribution in [2.24, 2.45) is 5.41 Å². The highest BCUT2D eigenvalue weighted by Crippen LogP contribution is 2.19. The van der Waals surface area contributed by atoms with Crippen molar-refractivity contribution in [3.8, 4) is 0 Å². The Hall–Kier alpha value is -0.570. The molecule has 3 nitrogen and oxygen atoms in total. The van der Waals surface area contributed by atoms with Crippen LogP contribution in [0.5, 0.6) is 0 Å². The molecule has 0 aromatic rings. The van der Waals surface area contributed by atoms with Gasteiger partial charge in [-0.15, -0.1) is 0 Å². The van der Waals surface area contributed by atoms with Crippen LogP contribution in [0.1, 0.15) is 48.0 Å². The van der Waals surface area contributed by atoms with Gasteiger partial charge in [0.05, 0.1) is 0 Å². The molecule has 0 saturated carbocycles. The SMILES string of the molecule is CC.CCN(CCN(C)C)C(=O)CC(C)(C)C. The van der Waals surface area contributed by atoms with Crippen molar-refractivity contribution in [1.29, 1.82) is 0 Å². The van der Waals surface area contributed by atoms with E-state index in [0.717, 1.165) is 19.6 Å². The van der Waals surface area contributed by atoms with Gasteiger partial charge in [-0.1, -0.05) is 34.6 Å². The summed E-state index contributed by atoms with van der Waals surface area (Å²) in [4.78, 5) is 15.9. The number of carbonyl (C=O) groups excluding carboxylic acids is 1. The summed E-state index contributed by atoms with van der Waals surface area (Å²) in [6.07, 6.45) is 0.633. The Bertz CT molecular complexity index is 195. The van der Waals surface area contributed by atoms with Crippen LogP contribution in [-0.4, -0.2) is 49.4 Å². The quantitative estimate of drug-likeness (QED) is 0.742. The largest absolute Gasteiger partial charge is 0.342 e. The zero-order valence-corrected chi connectivity index (χ0v) is 13.1. The molecule has 0 aromatic heterocycles. The van der Waals surface area contributed by atoms with Crippen molar-refractivity contribution in [3.63, 3.8) is 0 Å². The molecule has 0 saturated heterocycles. The van der Waals surface area contributed by atoms with Gasteiger partial charge in [-0.05, 0) is 26.4 Å². The normalized spacial score (nSPS) is 10.9. The highest BCUT2D eigenvalue weighted by Gasteiger charge is 2.19. The lowest BCUT2D eigenvalue weighted by molar-refractivity contribution is -0.133. The second-order valence-corrected chi connectivity index (χ2v) is 5.51. The zero-order valence-electron chi connectivity index (χ0n) is 13.1. The molecule has 0 rings (SSSR count). The summed E-state index contributed by atoms with van der Waals surface area (Å²) in [5, 5.41) is 0. The van der Waals surface area contributed by atoms with Crippen LogP contribution < -0.4 is 0 Å². The summed E-state index contributed by atoms with van der Waals surface area (Å²) < 4.78 is 0. The average molecular weight is 244 g/mol. The van der Waals surface area contributed by atoms with Crippen LogP contribution in [-0.2, 0) is 4.79 Å². The van der Waals surface area contributed by atoms with Crippen molar-refractivity contribution >= 4 is 5.91 Å². The highest BCUT2D eigenvalue weighted by molar-refractivity contribution is 5.76. The minimum atomic E-state index is 0.0859. The van der Waals surface area contributed by atoms with Gasteiger partial charge in [0.15, 0.2) is 0 Å². The number of amides is 1. The maximum Gasteiger partial charge on any atom is 0.223 e. The molecule has 104 valence electrons. The summed E-state index contributed by atoms with van der Waals surface area (Å²) in [6.45, 7) is 14.9. The Morgan fingerprint density at radius 2 is 1.53 bits per heavy atom. The standard InChI is InChI=1S/C12H26N2O.C2H6/c1-7-14(9-8-13(5)6)11(15)10-12(2,3)4;1-2/h7-10H2,1-6H3;1-2H3. The van der Waals surface area contributed by atoms with Crippen molar-refractivity contribution in [2.75, 3.05) is 33.7 Å². The molecular weight excluding hydrogens is 212 g/mol. The first kappa shape index (κ1) is 18.8. The Kier molecular flexibility index (Phi) is 10.5. The van der Waals surface area contributed by atoms with E-state index in [4.69, 9.17) is 0 Å². The predicted octanol–water partition coefficient (Wildman–Crippen LogP) is 2.86. The van der Waals surface area contributed by atoms with Gasteiger partial charge in [0.25, 0.3) is 0 Å². The van der Waals surface area contributed by atoms with E-state index in [9.17, 15) is 4.79 Å². The minimum Gasteiger partial charge on any atom is -0.342 e. The zero-order chi connectivity index (χ0) is 14.1. The van der Waals surface area contributed by atoms with Crippen LogP contribution in [0, 0.1) is 5.41 Å². The van der Waals surface area contributed by atoms with Gasteiger partial charge in [0.1, 0.15) is 0 Å². The number of carbonyl (C=O) groups is 1. The fraction of sp³-hybridized carbons (Fsp3) is 0.929. The molecular formula is C14H32N2O. The molecule has 0 atom stereocenters. The van der Waals surface area contributed by atoms with Crippen molar-refractivity contribution in [1.82, 2.24) is 9.80 Å². The molecule has 0 N–H and O–H groups in total. The molecule has 1 amide bonds. The van der Waals surface area contributed by atoms with E-state index < -0.39 is 0 Å². The van der Waals surface area contributed by atoms with E-state index in [1.807, 2.05) is 39.8 Å². The number of likely N-dealkylation sites (N-methyl/N-ethyl adjacent to an activating group) is 2. The first-order valence-corrected chi connectivity index (χ1v) is 6.69. The Morgan fingerprint density at radius 1 is 1.06 bits per heavy atom. The summed E-state index contributed by atoms with van der Waals surface area (Å²) in [5.74, 6) is 0.270. The van der Waals surface area contributed by atoms with Crippen LogP contribution in [0.4, 0.5) is 0 Å². The lowest BCUT2D eigenvalue weighted by Crippen LogP contribution is -2.38. The molecule has 0 heterocycles. The Morgan fingerprint density at radius 3 is 1.82 bits per heavy atom.